The molecule has 5 heteroatoms. The molecule has 1 heterocycles. The van der Waals surface area contributed by atoms with Crippen LogP contribution in [0.3, 0.4) is 0 Å². The number of H-pyrrole nitrogens is 1. The molecule has 0 bridgehead atoms. The van der Waals surface area contributed by atoms with Crippen LogP contribution in [-0.4, -0.2) is 21.0 Å². The number of carboxylic acid groups (broad SMARTS) is 1. The van der Waals surface area contributed by atoms with Gasteiger partial charge in [0.1, 0.15) is 0 Å². The first-order chi connectivity index (χ1) is 5.20. The summed E-state index contributed by atoms with van der Waals surface area (Å²) in [7, 11) is 0. The van der Waals surface area contributed by atoms with E-state index in [1.165, 1.54) is 19.3 Å². The Bertz CT molecular complexity index is 280. The van der Waals surface area contributed by atoms with Crippen LogP contribution >= 0.6 is 12.4 Å². The van der Waals surface area contributed by atoms with E-state index in [1.807, 2.05) is 0 Å². The molecule has 0 radical (unpaired) electrons. The highest BCUT2D eigenvalue weighted by molar-refractivity contribution is 5.90. The molecule has 0 aliphatic heterocycles. The molecule has 0 unspecified atom stereocenters. The van der Waals surface area contributed by atoms with Gasteiger partial charge in [-0.2, -0.15) is 0 Å². The van der Waals surface area contributed by atoms with E-state index in [0.717, 1.165) is 0 Å². The van der Waals surface area contributed by atoms with Gasteiger partial charge >= 0.3 is 5.97 Å². The summed E-state index contributed by atoms with van der Waals surface area (Å²) in [6.45, 7) is 1.53. The molecule has 0 aliphatic carbocycles. The molecule has 0 spiro atoms. The maximum atomic E-state index is 10.3. The third-order valence-electron chi connectivity index (χ3n) is 1.23. The van der Waals surface area contributed by atoms with Crippen LogP contribution in [0.5, 0.6) is 0 Å². The number of halogens is 1. The van der Waals surface area contributed by atoms with Crippen LogP contribution < -0.4 is 0 Å². The summed E-state index contributed by atoms with van der Waals surface area (Å²) in [5.41, 5.74) is 0.985. The van der Waals surface area contributed by atoms with Crippen LogP contribution in [0.15, 0.2) is 18.1 Å². The molecule has 0 fully saturated rings. The van der Waals surface area contributed by atoms with Gasteiger partial charge in [-0.3, -0.25) is 0 Å². The van der Waals surface area contributed by atoms with E-state index in [2.05, 4.69) is 9.97 Å². The molecule has 66 valence electrons. The van der Waals surface area contributed by atoms with Crippen LogP contribution in [0.25, 0.3) is 6.08 Å². The first-order valence-corrected chi connectivity index (χ1v) is 3.10. The summed E-state index contributed by atoms with van der Waals surface area (Å²) in [5, 5.41) is 8.48. The number of hydrogen-bond donors (Lipinski definition) is 2. The van der Waals surface area contributed by atoms with Gasteiger partial charge in [-0.25, -0.2) is 9.78 Å². The third kappa shape index (κ3) is 2.75. The summed E-state index contributed by atoms with van der Waals surface area (Å²) in [6, 6.07) is 0. The molecule has 0 saturated heterocycles. The van der Waals surface area contributed by atoms with Gasteiger partial charge in [-0.05, 0) is 13.0 Å². The monoisotopic (exact) mass is 188 g/mol. The summed E-state index contributed by atoms with van der Waals surface area (Å²) >= 11 is 0. The van der Waals surface area contributed by atoms with E-state index < -0.39 is 5.97 Å². The average molecular weight is 189 g/mol. The van der Waals surface area contributed by atoms with Crippen LogP contribution in [0.4, 0.5) is 0 Å². The van der Waals surface area contributed by atoms with Crippen molar-refractivity contribution in [3.05, 3.63) is 23.8 Å². The summed E-state index contributed by atoms with van der Waals surface area (Å²) in [4.78, 5) is 16.8. The van der Waals surface area contributed by atoms with E-state index in [1.54, 1.807) is 6.20 Å². The average Bonchev–Trinajstić information content (AvgIpc) is 2.39. The van der Waals surface area contributed by atoms with Gasteiger partial charge in [0.05, 0.1) is 18.2 Å². The molecule has 1 aromatic rings. The number of nitrogens with zero attached hydrogens (tertiary/aromatic N) is 1. The van der Waals surface area contributed by atoms with Crippen molar-refractivity contribution < 1.29 is 9.90 Å². The normalized spacial score (nSPS) is 10.6. The zero-order valence-electron chi connectivity index (χ0n) is 6.44. The second-order valence-electron chi connectivity index (χ2n) is 2.14. The first-order valence-electron chi connectivity index (χ1n) is 3.10. The lowest BCUT2D eigenvalue weighted by atomic mass is 10.2. The molecular weight excluding hydrogens is 180 g/mol. The maximum absolute atomic E-state index is 10.3. The number of aromatic nitrogens is 2. The molecule has 2 N–H and O–H groups in total. The van der Waals surface area contributed by atoms with Crippen molar-refractivity contribution in [1.29, 1.82) is 0 Å². The number of hydrogen-bond acceptors (Lipinski definition) is 2. The van der Waals surface area contributed by atoms with Gasteiger partial charge in [-0.15, -0.1) is 12.4 Å². The molecule has 0 aliphatic rings. The molecule has 12 heavy (non-hydrogen) atoms. The quantitative estimate of drug-likeness (QED) is 0.688. The van der Waals surface area contributed by atoms with Gasteiger partial charge in [0.2, 0.25) is 0 Å². The highest BCUT2D eigenvalue weighted by Gasteiger charge is 1.99. The number of aliphatic carboxylic acids is 1. The lowest BCUT2D eigenvalue weighted by molar-refractivity contribution is -0.132. The molecule has 0 saturated carbocycles. The minimum absolute atomic E-state index is 0. The Morgan fingerprint density at radius 1 is 1.75 bits per heavy atom. The van der Waals surface area contributed by atoms with E-state index in [-0.39, 0.29) is 18.0 Å². The predicted octanol–water partition coefficient (Wildman–Crippen LogP) is 1.32. The van der Waals surface area contributed by atoms with Gasteiger partial charge in [0.15, 0.2) is 0 Å². The molecule has 0 atom stereocenters. The molecule has 1 aromatic heterocycles. The van der Waals surface area contributed by atoms with Crippen molar-refractivity contribution >= 4 is 24.5 Å². The van der Waals surface area contributed by atoms with Gasteiger partial charge < -0.3 is 10.1 Å². The Balaban J connectivity index is 0.00000121. The fraction of sp³-hybridized carbons (Fsp3) is 0.143. The second-order valence-corrected chi connectivity index (χ2v) is 2.14. The number of rotatable bonds is 2. The predicted molar refractivity (Wildman–Crippen MR) is 47.1 cm³/mol. The lowest BCUT2D eigenvalue weighted by Gasteiger charge is -1.89. The number of nitrogens with one attached hydrogen (secondary N) is 1. The fourth-order valence-electron chi connectivity index (χ4n) is 0.641. The van der Waals surface area contributed by atoms with Crippen molar-refractivity contribution in [2.24, 2.45) is 0 Å². The minimum Gasteiger partial charge on any atom is -0.478 e. The first kappa shape index (κ1) is 10.7. The number of aromatic amines is 1. The fourth-order valence-corrected chi connectivity index (χ4v) is 0.641. The van der Waals surface area contributed by atoms with Crippen LogP contribution in [0.2, 0.25) is 0 Å². The Kier molecular flexibility index (Phi) is 4.07. The molecule has 0 aromatic carbocycles. The number of carbonyl (C=O) groups is 1. The third-order valence-corrected chi connectivity index (χ3v) is 1.23. The topological polar surface area (TPSA) is 66.0 Å². The Morgan fingerprint density at radius 2 is 2.42 bits per heavy atom. The summed E-state index contributed by atoms with van der Waals surface area (Å²) < 4.78 is 0. The smallest absolute Gasteiger partial charge is 0.331 e. The van der Waals surface area contributed by atoms with Crippen molar-refractivity contribution in [3.8, 4) is 0 Å². The highest BCUT2D eigenvalue weighted by Crippen LogP contribution is 2.01. The lowest BCUT2D eigenvalue weighted by Crippen LogP contribution is -1.95. The number of carboxylic acids is 1. The molecule has 0 amide bonds. The second kappa shape index (κ2) is 4.56. The summed E-state index contributed by atoms with van der Waals surface area (Å²) in [5.74, 6) is -0.917. The van der Waals surface area contributed by atoms with E-state index >= 15 is 0 Å². The highest BCUT2D eigenvalue weighted by atomic mass is 35.5. The van der Waals surface area contributed by atoms with E-state index in [4.69, 9.17) is 5.11 Å². The Morgan fingerprint density at radius 3 is 2.83 bits per heavy atom. The SMILES string of the molecule is CC(=Cc1cnc[nH]1)C(=O)O.Cl. The minimum atomic E-state index is -0.917. The number of imidazole rings is 1. The zero-order valence-corrected chi connectivity index (χ0v) is 7.26. The van der Waals surface area contributed by atoms with E-state index in [0.29, 0.717) is 5.69 Å². The zero-order chi connectivity index (χ0) is 8.27. The Hall–Kier alpha value is -1.29. The molecule has 1 rings (SSSR count). The maximum Gasteiger partial charge on any atom is 0.331 e. The van der Waals surface area contributed by atoms with Gasteiger partial charge in [0, 0.05) is 5.57 Å². The van der Waals surface area contributed by atoms with Crippen molar-refractivity contribution in [3.63, 3.8) is 0 Å². The van der Waals surface area contributed by atoms with Crippen molar-refractivity contribution in [2.75, 3.05) is 0 Å². The van der Waals surface area contributed by atoms with Crippen molar-refractivity contribution in [2.45, 2.75) is 6.92 Å². The van der Waals surface area contributed by atoms with Crippen LogP contribution in [-0.2, 0) is 4.79 Å². The largest absolute Gasteiger partial charge is 0.478 e. The Labute approximate surface area is 75.7 Å². The van der Waals surface area contributed by atoms with Crippen LogP contribution in [0.1, 0.15) is 12.6 Å². The molecular formula is C7H9ClN2O2. The summed E-state index contributed by atoms with van der Waals surface area (Å²) in [6.07, 6.45) is 4.59. The van der Waals surface area contributed by atoms with Gasteiger partial charge in [-0.1, -0.05) is 0 Å². The van der Waals surface area contributed by atoms with Crippen LogP contribution in [0, 0.1) is 0 Å². The molecule has 4 nitrogen and oxygen atoms in total. The van der Waals surface area contributed by atoms with E-state index in [9.17, 15) is 4.79 Å². The van der Waals surface area contributed by atoms with Gasteiger partial charge in [0.25, 0.3) is 0 Å². The van der Waals surface area contributed by atoms with Crippen molar-refractivity contribution in [1.82, 2.24) is 9.97 Å². The standard InChI is InChI=1S/C7H8N2O2.ClH/c1-5(7(10)11)2-6-3-8-4-9-6;/h2-4H,1H3,(H,8,9)(H,10,11);1H.